The normalized spacial score (nSPS) is 12.7. The zero-order valence-corrected chi connectivity index (χ0v) is 20.8. The summed E-state index contributed by atoms with van der Waals surface area (Å²) in [5.41, 5.74) is 6.19. The summed E-state index contributed by atoms with van der Waals surface area (Å²) >= 11 is 1.70. The van der Waals surface area contributed by atoms with Crippen LogP contribution in [-0.4, -0.2) is 31.2 Å². The lowest BCUT2D eigenvalue weighted by atomic mass is 9.97. The van der Waals surface area contributed by atoms with Crippen LogP contribution in [-0.2, 0) is 0 Å². The maximum atomic E-state index is 4.89. The van der Waals surface area contributed by atoms with Crippen molar-refractivity contribution in [2.75, 3.05) is 25.0 Å². The third kappa shape index (κ3) is 8.33. The lowest BCUT2D eigenvalue weighted by Gasteiger charge is -2.15. The van der Waals surface area contributed by atoms with Crippen molar-refractivity contribution in [3.05, 3.63) is 53.6 Å². The van der Waals surface area contributed by atoms with Crippen LogP contribution in [0.4, 0.5) is 5.00 Å². The van der Waals surface area contributed by atoms with Crippen LogP contribution in [0.3, 0.4) is 0 Å². The lowest BCUT2D eigenvalue weighted by Crippen LogP contribution is -2.23. The smallest absolute Gasteiger partial charge is 0.102 e. The predicted molar refractivity (Wildman–Crippen MR) is 140 cm³/mol. The molecular weight excluding hydrogens is 400 g/mol. The summed E-state index contributed by atoms with van der Waals surface area (Å²) < 4.78 is 0. The molecule has 2 N–H and O–H groups in total. The summed E-state index contributed by atoms with van der Waals surface area (Å²) in [6, 6.07) is 8.68. The second-order valence-electron chi connectivity index (χ2n) is 9.13. The summed E-state index contributed by atoms with van der Waals surface area (Å²) in [5, 5.41) is 10.00. The molecule has 0 bridgehead atoms. The number of hydrogen-bond acceptors (Lipinski definition) is 4. The Hall–Kier alpha value is -2.40. The van der Waals surface area contributed by atoms with Crippen LogP contribution in [0.2, 0.25) is 0 Å². The Kier molecular flexibility index (Phi) is 9.50. The number of nitrogens with zero attached hydrogens (tertiary/aromatic N) is 2. The van der Waals surface area contributed by atoms with Crippen molar-refractivity contribution in [3.8, 4) is 11.1 Å². The first-order valence-corrected chi connectivity index (χ1v) is 11.9. The first-order chi connectivity index (χ1) is 14.7. The van der Waals surface area contributed by atoms with Gasteiger partial charge in [0.25, 0.3) is 0 Å². The largest absolute Gasteiger partial charge is 0.374 e. The predicted octanol–water partition coefficient (Wildman–Crippen LogP) is 6.92. The Labute approximate surface area is 192 Å². The fraction of sp³-hybridized carbons (Fsp3) is 0.462. The number of aryl methyl sites for hydroxylation is 1. The number of aliphatic imine (C=N–C) groups is 2. The molecule has 1 aromatic carbocycles. The highest BCUT2D eigenvalue weighted by Gasteiger charge is 2.15. The van der Waals surface area contributed by atoms with Gasteiger partial charge in [0.05, 0.1) is 5.84 Å². The van der Waals surface area contributed by atoms with Gasteiger partial charge in [-0.2, -0.15) is 0 Å². The molecule has 0 spiro atoms. The number of hydrogen-bond donors (Lipinski definition) is 2. The number of benzene rings is 1. The minimum atomic E-state index is 0.230. The van der Waals surface area contributed by atoms with Gasteiger partial charge >= 0.3 is 0 Å². The molecular formula is C26H38N4S. The summed E-state index contributed by atoms with van der Waals surface area (Å²) in [6.07, 6.45) is 3.85. The molecule has 2 aromatic rings. The second-order valence-corrected chi connectivity index (χ2v) is 10.0. The number of anilines is 1. The SMILES string of the molecule is C=CNc1scc(-c2ccc(C)cc2)c1C(C)=NCCCCNC(C)=NCC(C)(C)C. The van der Waals surface area contributed by atoms with Crippen LogP contribution >= 0.6 is 11.3 Å². The van der Waals surface area contributed by atoms with Gasteiger partial charge in [0.2, 0.25) is 0 Å². The minimum absolute atomic E-state index is 0.230. The van der Waals surface area contributed by atoms with Gasteiger partial charge < -0.3 is 10.6 Å². The van der Waals surface area contributed by atoms with E-state index in [0.29, 0.717) is 0 Å². The topological polar surface area (TPSA) is 48.8 Å². The lowest BCUT2D eigenvalue weighted by molar-refractivity contribution is 0.429. The molecule has 1 heterocycles. The van der Waals surface area contributed by atoms with Gasteiger partial charge in [0.15, 0.2) is 0 Å². The summed E-state index contributed by atoms with van der Waals surface area (Å²) in [5.74, 6) is 1.02. The highest BCUT2D eigenvalue weighted by molar-refractivity contribution is 7.15. The van der Waals surface area contributed by atoms with E-state index in [4.69, 9.17) is 4.99 Å². The van der Waals surface area contributed by atoms with Crippen molar-refractivity contribution in [1.82, 2.24) is 5.32 Å². The van der Waals surface area contributed by atoms with E-state index in [-0.39, 0.29) is 5.41 Å². The molecule has 0 aliphatic carbocycles. The molecule has 0 fully saturated rings. The quantitative estimate of drug-likeness (QED) is 0.240. The third-order valence-electron chi connectivity index (χ3n) is 4.85. The number of amidine groups is 1. The van der Waals surface area contributed by atoms with Gasteiger partial charge in [0, 0.05) is 41.9 Å². The molecule has 0 amide bonds. The van der Waals surface area contributed by atoms with Crippen LogP contribution in [0.15, 0.2) is 52.4 Å². The summed E-state index contributed by atoms with van der Waals surface area (Å²) in [6.45, 7) is 19.3. The molecule has 0 saturated heterocycles. The molecule has 31 heavy (non-hydrogen) atoms. The Morgan fingerprint density at radius 2 is 1.81 bits per heavy atom. The highest BCUT2D eigenvalue weighted by atomic mass is 32.1. The van der Waals surface area contributed by atoms with Crippen LogP contribution in [0, 0.1) is 12.3 Å². The summed E-state index contributed by atoms with van der Waals surface area (Å²) in [7, 11) is 0. The Bertz CT molecular complexity index is 898. The molecule has 5 heteroatoms. The van der Waals surface area contributed by atoms with Crippen molar-refractivity contribution >= 4 is 27.9 Å². The molecule has 4 nitrogen and oxygen atoms in total. The Balaban J connectivity index is 1.96. The van der Waals surface area contributed by atoms with E-state index < -0.39 is 0 Å². The minimum Gasteiger partial charge on any atom is -0.374 e. The molecule has 0 saturated carbocycles. The zero-order valence-electron chi connectivity index (χ0n) is 20.0. The molecule has 0 aliphatic heterocycles. The van der Waals surface area contributed by atoms with E-state index in [0.717, 1.165) is 49.0 Å². The van der Waals surface area contributed by atoms with Crippen molar-refractivity contribution in [2.24, 2.45) is 15.4 Å². The van der Waals surface area contributed by atoms with E-state index in [1.54, 1.807) is 17.5 Å². The monoisotopic (exact) mass is 438 g/mol. The van der Waals surface area contributed by atoms with Crippen LogP contribution in [0.5, 0.6) is 0 Å². The molecule has 0 aliphatic rings. The first kappa shape index (κ1) is 24.9. The van der Waals surface area contributed by atoms with E-state index in [9.17, 15) is 0 Å². The zero-order chi connectivity index (χ0) is 22.9. The van der Waals surface area contributed by atoms with Gasteiger partial charge in [0.1, 0.15) is 5.00 Å². The number of nitrogens with one attached hydrogen (secondary N) is 2. The number of rotatable bonds is 10. The maximum Gasteiger partial charge on any atom is 0.102 e. The van der Waals surface area contributed by atoms with E-state index in [2.05, 4.69) is 86.5 Å². The van der Waals surface area contributed by atoms with E-state index in [1.165, 1.54) is 22.3 Å². The number of unbranched alkanes of at least 4 members (excludes halogenated alkanes) is 1. The Morgan fingerprint density at radius 1 is 1.10 bits per heavy atom. The highest BCUT2D eigenvalue weighted by Crippen LogP contribution is 2.36. The number of thiophene rings is 1. The van der Waals surface area contributed by atoms with Crippen LogP contribution in [0.25, 0.3) is 11.1 Å². The van der Waals surface area contributed by atoms with Gasteiger partial charge in [-0.05, 0) is 50.8 Å². The third-order valence-corrected chi connectivity index (χ3v) is 5.77. The molecule has 0 atom stereocenters. The maximum absolute atomic E-state index is 4.89. The molecule has 168 valence electrons. The van der Waals surface area contributed by atoms with Gasteiger partial charge in [-0.1, -0.05) is 57.2 Å². The first-order valence-electron chi connectivity index (χ1n) is 11.0. The van der Waals surface area contributed by atoms with E-state index in [1.807, 2.05) is 6.92 Å². The Morgan fingerprint density at radius 3 is 2.45 bits per heavy atom. The van der Waals surface area contributed by atoms with Gasteiger partial charge in [-0.15, -0.1) is 11.3 Å². The van der Waals surface area contributed by atoms with Crippen LogP contribution in [0.1, 0.15) is 58.6 Å². The second kappa shape index (κ2) is 11.8. The van der Waals surface area contributed by atoms with Crippen molar-refractivity contribution < 1.29 is 0 Å². The van der Waals surface area contributed by atoms with Crippen molar-refractivity contribution in [3.63, 3.8) is 0 Å². The fourth-order valence-electron chi connectivity index (χ4n) is 3.11. The fourth-order valence-corrected chi connectivity index (χ4v) is 4.12. The van der Waals surface area contributed by atoms with E-state index >= 15 is 0 Å². The molecule has 2 rings (SSSR count). The van der Waals surface area contributed by atoms with Crippen molar-refractivity contribution in [2.45, 2.75) is 54.4 Å². The summed E-state index contributed by atoms with van der Waals surface area (Å²) in [4.78, 5) is 9.50. The van der Waals surface area contributed by atoms with Gasteiger partial charge in [-0.3, -0.25) is 9.98 Å². The van der Waals surface area contributed by atoms with Crippen LogP contribution < -0.4 is 10.6 Å². The van der Waals surface area contributed by atoms with Gasteiger partial charge in [-0.25, -0.2) is 0 Å². The molecule has 0 unspecified atom stereocenters. The molecule has 1 aromatic heterocycles. The average molecular weight is 439 g/mol. The standard InChI is InChI=1S/C26H38N4S/c1-8-27-25-24(23(17-31-25)22-13-11-19(2)12-14-22)20(3)28-15-9-10-16-29-21(4)30-18-26(5,6)7/h8,11-14,17,27H,1,9-10,15-16,18H2,2-7H3,(H,29,30). The molecule has 0 radical (unpaired) electrons. The average Bonchev–Trinajstić information content (AvgIpc) is 3.13. The van der Waals surface area contributed by atoms with Crippen molar-refractivity contribution in [1.29, 1.82) is 0 Å².